The van der Waals surface area contributed by atoms with Crippen LogP contribution in [0.25, 0.3) is 11.3 Å². The molecule has 6 nitrogen and oxygen atoms in total. The molecule has 0 bridgehead atoms. The van der Waals surface area contributed by atoms with Gasteiger partial charge in [0.2, 0.25) is 0 Å². The summed E-state index contributed by atoms with van der Waals surface area (Å²) < 4.78 is 11.4. The molecular formula is C22H21N3O3. The van der Waals surface area contributed by atoms with Crippen LogP contribution in [-0.2, 0) is 6.61 Å². The molecule has 28 heavy (non-hydrogen) atoms. The third kappa shape index (κ3) is 2.81. The van der Waals surface area contributed by atoms with Gasteiger partial charge in [-0.05, 0) is 31.2 Å². The highest BCUT2D eigenvalue weighted by Crippen LogP contribution is 2.39. The number of aryl methyl sites for hydroxylation is 1. The molecule has 0 radical (unpaired) electrons. The maximum Gasteiger partial charge on any atom is 0.276 e. The summed E-state index contributed by atoms with van der Waals surface area (Å²) >= 11 is 0. The van der Waals surface area contributed by atoms with Gasteiger partial charge in [-0.15, -0.1) is 0 Å². The Balaban J connectivity index is 1.35. The first kappa shape index (κ1) is 16.9. The molecule has 1 amide bonds. The van der Waals surface area contributed by atoms with E-state index in [-0.39, 0.29) is 5.91 Å². The number of rotatable bonds is 2. The lowest BCUT2D eigenvalue weighted by atomic mass is 10.0. The van der Waals surface area contributed by atoms with Crippen LogP contribution >= 0.6 is 0 Å². The Labute approximate surface area is 163 Å². The minimum atomic E-state index is -0.0857. The fourth-order valence-electron chi connectivity index (χ4n) is 3.88. The predicted molar refractivity (Wildman–Crippen MR) is 106 cm³/mol. The number of hydrogen-bond donors (Lipinski definition) is 0. The van der Waals surface area contributed by atoms with E-state index in [1.54, 1.807) is 0 Å². The van der Waals surface area contributed by atoms with Crippen molar-refractivity contribution in [3.05, 3.63) is 65.4 Å². The smallest absolute Gasteiger partial charge is 0.276 e. The number of amides is 1. The normalized spacial score (nSPS) is 15.6. The van der Waals surface area contributed by atoms with Gasteiger partial charge >= 0.3 is 0 Å². The van der Waals surface area contributed by atoms with Crippen LogP contribution in [0, 0.1) is 6.92 Å². The predicted octanol–water partition coefficient (Wildman–Crippen LogP) is 3.50. The standard InChI is InChI=1S/C22H21N3O3/c1-15-7-8-19-17(13-15)21-18(14-27-19)20(23-28-21)22(26)25-11-9-24(10-12-25)16-5-3-2-4-6-16/h2-8,13H,9-12,14H2,1H3. The third-order valence-corrected chi connectivity index (χ3v) is 5.43. The van der Waals surface area contributed by atoms with E-state index < -0.39 is 0 Å². The van der Waals surface area contributed by atoms with Gasteiger partial charge in [0.25, 0.3) is 5.91 Å². The van der Waals surface area contributed by atoms with E-state index in [0.29, 0.717) is 31.2 Å². The summed E-state index contributed by atoms with van der Waals surface area (Å²) in [6, 6.07) is 16.2. The van der Waals surface area contributed by atoms with Gasteiger partial charge in [-0.25, -0.2) is 0 Å². The molecule has 3 heterocycles. The first-order valence-corrected chi connectivity index (χ1v) is 9.52. The summed E-state index contributed by atoms with van der Waals surface area (Å²) in [6.07, 6.45) is 0. The molecule has 3 aromatic rings. The van der Waals surface area contributed by atoms with Crippen molar-refractivity contribution in [3.8, 4) is 17.1 Å². The monoisotopic (exact) mass is 375 g/mol. The van der Waals surface area contributed by atoms with Gasteiger partial charge in [-0.3, -0.25) is 4.79 Å². The first-order chi connectivity index (χ1) is 13.7. The van der Waals surface area contributed by atoms with E-state index in [9.17, 15) is 4.79 Å². The first-order valence-electron chi connectivity index (χ1n) is 9.52. The number of anilines is 1. The lowest BCUT2D eigenvalue weighted by Crippen LogP contribution is -2.49. The van der Waals surface area contributed by atoms with Crippen molar-refractivity contribution < 1.29 is 14.1 Å². The summed E-state index contributed by atoms with van der Waals surface area (Å²) in [6.45, 7) is 5.24. The fourth-order valence-corrected chi connectivity index (χ4v) is 3.88. The Bertz CT molecular complexity index is 1020. The van der Waals surface area contributed by atoms with Crippen molar-refractivity contribution in [2.24, 2.45) is 0 Å². The molecule has 0 unspecified atom stereocenters. The molecule has 2 aromatic carbocycles. The lowest BCUT2D eigenvalue weighted by Gasteiger charge is -2.35. The van der Waals surface area contributed by atoms with Crippen LogP contribution in [0.4, 0.5) is 5.69 Å². The summed E-state index contributed by atoms with van der Waals surface area (Å²) in [5, 5.41) is 4.12. The minimum absolute atomic E-state index is 0.0857. The lowest BCUT2D eigenvalue weighted by molar-refractivity contribution is 0.0734. The second-order valence-corrected chi connectivity index (χ2v) is 7.24. The van der Waals surface area contributed by atoms with Gasteiger partial charge in [0, 0.05) is 31.9 Å². The topological polar surface area (TPSA) is 58.8 Å². The molecule has 1 saturated heterocycles. The van der Waals surface area contributed by atoms with Crippen LogP contribution in [0.15, 0.2) is 53.1 Å². The Morgan fingerprint density at radius 2 is 1.82 bits per heavy atom. The number of ether oxygens (including phenoxy) is 1. The average Bonchev–Trinajstić information content (AvgIpc) is 3.18. The Morgan fingerprint density at radius 1 is 1.04 bits per heavy atom. The maximum atomic E-state index is 13.1. The van der Waals surface area contributed by atoms with Crippen molar-refractivity contribution in [1.29, 1.82) is 0 Å². The minimum Gasteiger partial charge on any atom is -0.488 e. The van der Waals surface area contributed by atoms with E-state index in [1.807, 2.05) is 48.2 Å². The van der Waals surface area contributed by atoms with E-state index in [0.717, 1.165) is 35.5 Å². The molecule has 0 N–H and O–H groups in total. The number of para-hydroxylation sites is 1. The van der Waals surface area contributed by atoms with Gasteiger partial charge in [-0.1, -0.05) is 35.0 Å². The molecule has 1 fully saturated rings. The summed E-state index contributed by atoms with van der Waals surface area (Å²) in [4.78, 5) is 17.2. The SMILES string of the molecule is Cc1ccc2c(c1)-c1onc(C(=O)N3CCN(c4ccccc4)CC3)c1CO2. The Hall–Kier alpha value is -3.28. The zero-order valence-electron chi connectivity index (χ0n) is 15.7. The molecule has 0 atom stereocenters. The number of hydrogen-bond acceptors (Lipinski definition) is 5. The molecule has 0 aliphatic carbocycles. The van der Waals surface area contributed by atoms with Gasteiger partial charge in [-0.2, -0.15) is 0 Å². The average molecular weight is 375 g/mol. The largest absolute Gasteiger partial charge is 0.488 e. The van der Waals surface area contributed by atoms with Gasteiger partial charge in [0.15, 0.2) is 11.5 Å². The van der Waals surface area contributed by atoms with Gasteiger partial charge in [0.05, 0.1) is 11.1 Å². The highest BCUT2D eigenvalue weighted by molar-refractivity contribution is 5.95. The molecule has 0 spiro atoms. The van der Waals surface area contributed by atoms with E-state index in [2.05, 4.69) is 22.2 Å². The second-order valence-electron chi connectivity index (χ2n) is 7.24. The highest BCUT2D eigenvalue weighted by atomic mass is 16.5. The molecule has 5 rings (SSSR count). The number of carbonyl (C=O) groups is 1. The van der Waals surface area contributed by atoms with Crippen molar-refractivity contribution in [2.45, 2.75) is 13.5 Å². The maximum absolute atomic E-state index is 13.1. The van der Waals surface area contributed by atoms with Gasteiger partial charge < -0.3 is 19.1 Å². The molecule has 2 aliphatic heterocycles. The number of nitrogens with zero attached hydrogens (tertiary/aromatic N) is 3. The molecule has 6 heteroatoms. The van der Waals surface area contributed by atoms with Crippen LogP contribution in [0.1, 0.15) is 21.6 Å². The fraction of sp³-hybridized carbons (Fsp3) is 0.273. The number of aromatic nitrogens is 1. The van der Waals surface area contributed by atoms with E-state index >= 15 is 0 Å². The highest BCUT2D eigenvalue weighted by Gasteiger charge is 2.32. The summed E-state index contributed by atoms with van der Waals surface area (Å²) in [5.41, 5.74) is 4.27. The Morgan fingerprint density at radius 3 is 2.61 bits per heavy atom. The Kier molecular flexibility index (Phi) is 4.04. The van der Waals surface area contributed by atoms with Crippen LogP contribution in [-0.4, -0.2) is 42.1 Å². The molecular weight excluding hydrogens is 354 g/mol. The van der Waals surface area contributed by atoms with Crippen LogP contribution < -0.4 is 9.64 Å². The van der Waals surface area contributed by atoms with E-state index in [1.165, 1.54) is 5.69 Å². The zero-order chi connectivity index (χ0) is 19.1. The van der Waals surface area contributed by atoms with Crippen molar-refractivity contribution in [1.82, 2.24) is 10.1 Å². The molecule has 2 aliphatic rings. The number of benzene rings is 2. The van der Waals surface area contributed by atoms with Crippen molar-refractivity contribution >= 4 is 11.6 Å². The van der Waals surface area contributed by atoms with Crippen LogP contribution in [0.5, 0.6) is 5.75 Å². The van der Waals surface area contributed by atoms with E-state index in [4.69, 9.17) is 9.26 Å². The van der Waals surface area contributed by atoms with Crippen molar-refractivity contribution in [3.63, 3.8) is 0 Å². The number of carbonyl (C=O) groups excluding carboxylic acids is 1. The second kappa shape index (κ2) is 6.71. The third-order valence-electron chi connectivity index (χ3n) is 5.43. The number of piperazine rings is 1. The van der Waals surface area contributed by atoms with Crippen LogP contribution in [0.3, 0.4) is 0 Å². The molecule has 1 aromatic heterocycles. The summed E-state index contributed by atoms with van der Waals surface area (Å²) in [5.74, 6) is 1.33. The van der Waals surface area contributed by atoms with Crippen LogP contribution in [0.2, 0.25) is 0 Å². The number of fused-ring (bicyclic) bond motifs is 3. The molecule has 0 saturated carbocycles. The quantitative estimate of drug-likeness (QED) is 0.686. The van der Waals surface area contributed by atoms with Gasteiger partial charge in [0.1, 0.15) is 12.4 Å². The molecule has 142 valence electrons. The zero-order valence-corrected chi connectivity index (χ0v) is 15.7. The summed E-state index contributed by atoms with van der Waals surface area (Å²) in [7, 11) is 0. The van der Waals surface area contributed by atoms with Crippen molar-refractivity contribution in [2.75, 3.05) is 31.1 Å².